The number of nitrogens with zero attached hydrogens (tertiary/aromatic N) is 6. The maximum Gasteiger partial charge on any atom is 0.433 e. The number of rotatable bonds is 8. The van der Waals surface area contributed by atoms with Crippen molar-refractivity contribution in [1.29, 1.82) is 0 Å². The fourth-order valence-electron chi connectivity index (χ4n) is 5.45. The van der Waals surface area contributed by atoms with E-state index in [9.17, 15) is 13.2 Å². The summed E-state index contributed by atoms with van der Waals surface area (Å²) < 4.78 is 52.1. The summed E-state index contributed by atoms with van der Waals surface area (Å²) in [6, 6.07) is 2.28. The third-order valence-corrected chi connectivity index (χ3v) is 7.73. The van der Waals surface area contributed by atoms with Gasteiger partial charge in [0.2, 0.25) is 0 Å². The van der Waals surface area contributed by atoms with Crippen LogP contribution in [0, 0.1) is 5.92 Å². The lowest BCUT2D eigenvalue weighted by Crippen LogP contribution is -2.33. The second kappa shape index (κ2) is 12.9. The number of hydrogen-bond donors (Lipinski definition) is 0. The Morgan fingerprint density at radius 3 is 2.60 bits per heavy atom. The third kappa shape index (κ3) is 6.81. The molecule has 4 heterocycles. The Labute approximate surface area is 259 Å². The van der Waals surface area contributed by atoms with Crippen LogP contribution in [0.5, 0.6) is 5.75 Å². The molecule has 12 heteroatoms. The van der Waals surface area contributed by atoms with Crippen molar-refractivity contribution in [3.05, 3.63) is 89.3 Å². The maximum atomic E-state index is 13.5. The molecular formula is C33H35F3N6O3. The van der Waals surface area contributed by atoms with Crippen LogP contribution in [0.4, 0.5) is 19.0 Å². The standard InChI is InChI=1S/C33H33F3N6O2.H2O/c1-19(2)44-25-14-15-26(33(34,35)36)40-28(25)22-7-5-6-21(9-11-22)17-42-20(3)8-10-24-16-37-30(41-31(24)42)27-29(23-12-13-23)38-18-39-32(27)43-4;/h5,7-11,14-16,18-19,23,27,32H,3,6,12-13,17H2,1-2,4H3;1H2. The molecule has 1 fully saturated rings. The number of pyridine rings is 1. The van der Waals surface area contributed by atoms with Gasteiger partial charge >= 0.3 is 6.18 Å². The third-order valence-electron chi connectivity index (χ3n) is 7.73. The van der Waals surface area contributed by atoms with Crippen molar-refractivity contribution in [2.45, 2.75) is 57.5 Å². The first-order valence-corrected chi connectivity index (χ1v) is 14.6. The molecule has 2 atom stereocenters. The summed E-state index contributed by atoms with van der Waals surface area (Å²) in [5.41, 5.74) is 3.32. The Hall–Kier alpha value is -4.42. The number of hydrogen-bond acceptors (Lipinski definition) is 8. The first-order chi connectivity index (χ1) is 21.1. The Morgan fingerprint density at radius 1 is 1.09 bits per heavy atom. The smallest absolute Gasteiger partial charge is 0.433 e. The lowest BCUT2D eigenvalue weighted by Gasteiger charge is -2.31. The van der Waals surface area contributed by atoms with Crippen molar-refractivity contribution in [3.63, 3.8) is 0 Å². The van der Waals surface area contributed by atoms with Gasteiger partial charge in [-0.2, -0.15) is 13.2 Å². The van der Waals surface area contributed by atoms with Crippen molar-refractivity contribution in [1.82, 2.24) is 15.0 Å². The van der Waals surface area contributed by atoms with E-state index in [2.05, 4.69) is 21.5 Å². The second-order valence-electron chi connectivity index (χ2n) is 11.4. The highest BCUT2D eigenvalue weighted by atomic mass is 19.4. The van der Waals surface area contributed by atoms with Gasteiger partial charge in [0.15, 0.2) is 6.23 Å². The minimum Gasteiger partial charge on any atom is -0.489 e. The van der Waals surface area contributed by atoms with Crippen LogP contribution in [-0.4, -0.2) is 58.5 Å². The van der Waals surface area contributed by atoms with E-state index in [0.717, 1.165) is 41.5 Å². The molecule has 0 amide bonds. The fraction of sp³-hybridized carbons (Fsp3) is 0.364. The zero-order valence-electron chi connectivity index (χ0n) is 25.3. The van der Waals surface area contributed by atoms with Crippen molar-refractivity contribution < 1.29 is 28.1 Å². The average Bonchev–Trinajstić information content (AvgIpc) is 3.86. The van der Waals surface area contributed by atoms with Gasteiger partial charge in [-0.1, -0.05) is 30.9 Å². The molecule has 2 aliphatic heterocycles. The van der Waals surface area contributed by atoms with E-state index >= 15 is 0 Å². The summed E-state index contributed by atoms with van der Waals surface area (Å²) >= 11 is 0. The number of ether oxygens (including phenoxy) is 2. The van der Waals surface area contributed by atoms with Gasteiger partial charge in [-0.05, 0) is 68.9 Å². The molecule has 0 radical (unpaired) electrons. The van der Waals surface area contributed by atoms with Crippen molar-refractivity contribution in [2.75, 3.05) is 18.6 Å². The highest BCUT2D eigenvalue weighted by molar-refractivity contribution is 6.00. The quantitative estimate of drug-likeness (QED) is 0.351. The first-order valence-electron chi connectivity index (χ1n) is 14.6. The predicted octanol–water partition coefficient (Wildman–Crippen LogP) is 6.12. The molecule has 0 spiro atoms. The lowest BCUT2D eigenvalue weighted by molar-refractivity contribution is -0.141. The molecule has 0 aromatic carbocycles. The lowest BCUT2D eigenvalue weighted by atomic mass is 9.95. The molecule has 9 nitrogen and oxygen atoms in total. The van der Waals surface area contributed by atoms with E-state index in [4.69, 9.17) is 19.4 Å². The molecule has 2 unspecified atom stereocenters. The molecule has 1 saturated carbocycles. The maximum absolute atomic E-state index is 13.5. The monoisotopic (exact) mass is 620 g/mol. The minimum absolute atomic E-state index is 0. The first kappa shape index (κ1) is 32.0. The SMILES string of the molecule is C=C1C=Cc2cnc(C3C(C4CC4)=NC=NC3OC)nc2N1CC1=CC=C(c2nc(C(F)(F)F)ccc2OC(C)C)C=CC1.O. The van der Waals surface area contributed by atoms with Crippen molar-refractivity contribution in [2.24, 2.45) is 15.9 Å². The average molecular weight is 621 g/mol. The van der Waals surface area contributed by atoms with Crippen molar-refractivity contribution >= 4 is 29.5 Å². The number of anilines is 1. The Kier molecular flexibility index (Phi) is 9.17. The van der Waals surface area contributed by atoms with Gasteiger partial charge in [0.05, 0.1) is 6.10 Å². The van der Waals surface area contributed by atoms with E-state index in [0.29, 0.717) is 41.8 Å². The van der Waals surface area contributed by atoms with Gasteiger partial charge in [-0.3, -0.25) is 0 Å². The van der Waals surface area contributed by atoms with Crippen molar-refractivity contribution in [3.8, 4) is 5.75 Å². The number of halogens is 3. The molecule has 2 aliphatic carbocycles. The van der Waals surface area contributed by atoms with Crippen LogP contribution in [0.25, 0.3) is 11.6 Å². The normalized spacial score (nSPS) is 21.1. The van der Waals surface area contributed by atoms with E-state index in [1.165, 1.54) is 6.07 Å². The number of allylic oxidation sites excluding steroid dienone is 6. The summed E-state index contributed by atoms with van der Waals surface area (Å²) in [7, 11) is 1.63. The van der Waals surface area contributed by atoms with Gasteiger partial charge in [0, 0.05) is 42.4 Å². The molecule has 2 N–H and O–H groups in total. The molecule has 236 valence electrons. The fourth-order valence-corrected chi connectivity index (χ4v) is 5.45. The van der Waals surface area contributed by atoms with Gasteiger partial charge in [0.25, 0.3) is 0 Å². The number of aromatic nitrogens is 3. The Balaban J connectivity index is 0.00000400. The Morgan fingerprint density at radius 2 is 1.89 bits per heavy atom. The van der Waals surface area contributed by atoms with Gasteiger partial charge in [0.1, 0.15) is 41.0 Å². The number of alkyl halides is 3. The predicted molar refractivity (Wildman–Crippen MR) is 168 cm³/mol. The molecule has 6 rings (SSSR count). The number of fused-ring (bicyclic) bond motifs is 1. The molecule has 2 aromatic heterocycles. The van der Waals surface area contributed by atoms with Crippen LogP contribution in [0.1, 0.15) is 61.8 Å². The highest BCUT2D eigenvalue weighted by Crippen LogP contribution is 2.40. The number of methoxy groups -OCH3 is 1. The molecule has 4 aliphatic rings. The molecular weight excluding hydrogens is 585 g/mol. The van der Waals surface area contributed by atoms with E-state index in [-0.39, 0.29) is 23.2 Å². The molecule has 0 bridgehead atoms. The topological polar surface area (TPSA) is 117 Å². The summed E-state index contributed by atoms with van der Waals surface area (Å²) in [6.45, 7) is 8.36. The van der Waals surface area contributed by atoms with Crippen LogP contribution in [-0.2, 0) is 10.9 Å². The van der Waals surface area contributed by atoms with Crippen LogP contribution < -0.4 is 9.64 Å². The van der Waals surface area contributed by atoms with E-state index in [1.54, 1.807) is 31.8 Å². The van der Waals surface area contributed by atoms with Crippen LogP contribution in [0.3, 0.4) is 0 Å². The van der Waals surface area contributed by atoms with Gasteiger partial charge in [-0.25, -0.2) is 24.9 Å². The van der Waals surface area contributed by atoms with E-state index < -0.39 is 18.1 Å². The van der Waals surface area contributed by atoms with Gasteiger partial charge in [-0.15, -0.1) is 0 Å². The van der Waals surface area contributed by atoms with Crippen LogP contribution in [0.2, 0.25) is 0 Å². The number of aliphatic imine (C=N–C) groups is 2. The summed E-state index contributed by atoms with van der Waals surface area (Å²) in [4.78, 5) is 24.7. The highest BCUT2D eigenvalue weighted by Gasteiger charge is 2.41. The van der Waals surface area contributed by atoms with Crippen LogP contribution in [0.15, 0.2) is 76.5 Å². The van der Waals surface area contributed by atoms with Crippen LogP contribution >= 0.6 is 0 Å². The molecule has 0 saturated heterocycles. The molecule has 45 heavy (non-hydrogen) atoms. The zero-order valence-corrected chi connectivity index (χ0v) is 25.3. The molecule has 2 aromatic rings. The van der Waals surface area contributed by atoms with E-state index in [1.807, 2.05) is 43.1 Å². The minimum atomic E-state index is -4.57. The largest absolute Gasteiger partial charge is 0.489 e. The van der Waals surface area contributed by atoms with Gasteiger partial charge < -0.3 is 19.8 Å². The summed E-state index contributed by atoms with van der Waals surface area (Å²) in [6.07, 6.45) is 12.1. The second-order valence-corrected chi connectivity index (χ2v) is 11.4. The summed E-state index contributed by atoms with van der Waals surface area (Å²) in [5, 5.41) is 0. The Bertz CT molecular complexity index is 1650. The summed E-state index contributed by atoms with van der Waals surface area (Å²) in [5.74, 6) is 1.71. The zero-order chi connectivity index (χ0) is 31.0.